The van der Waals surface area contributed by atoms with E-state index in [1.165, 1.54) is 4.90 Å². The van der Waals surface area contributed by atoms with E-state index >= 15 is 0 Å². The van der Waals surface area contributed by atoms with Crippen molar-refractivity contribution < 1.29 is 14.3 Å². The molecule has 3 rings (SSSR count). The smallest absolute Gasteiger partial charge is 0.325 e. The van der Waals surface area contributed by atoms with E-state index in [-0.39, 0.29) is 18.0 Å². The molecule has 3 saturated heterocycles. The predicted octanol–water partition coefficient (Wildman–Crippen LogP) is -0.668. The van der Waals surface area contributed by atoms with Gasteiger partial charge in [-0.05, 0) is 20.9 Å². The van der Waals surface area contributed by atoms with Gasteiger partial charge in [-0.1, -0.05) is 0 Å². The molecule has 7 nitrogen and oxygen atoms in total. The van der Waals surface area contributed by atoms with Crippen LogP contribution < -0.4 is 5.32 Å². The molecule has 0 aromatic heterocycles. The SMILES string of the molecule is CN1CCO[C@@H]2CN(CCN3C(=O)NC(C)(C)C3=O)C[C@@H]21. The number of imide groups is 1. The van der Waals surface area contributed by atoms with Gasteiger partial charge in [0.2, 0.25) is 0 Å². The molecular weight excluding hydrogens is 272 g/mol. The number of carbonyl (C=O) groups is 2. The summed E-state index contributed by atoms with van der Waals surface area (Å²) in [6, 6.07) is 0.147. The maximum Gasteiger partial charge on any atom is 0.325 e. The van der Waals surface area contributed by atoms with Gasteiger partial charge in [0.15, 0.2) is 0 Å². The highest BCUT2D eigenvalue weighted by molar-refractivity contribution is 6.06. The number of rotatable bonds is 3. The van der Waals surface area contributed by atoms with Crippen molar-refractivity contribution in [1.82, 2.24) is 20.0 Å². The molecule has 3 amide bonds. The molecule has 0 spiro atoms. The molecule has 3 aliphatic rings. The van der Waals surface area contributed by atoms with E-state index in [9.17, 15) is 9.59 Å². The number of ether oxygens (including phenoxy) is 1. The molecule has 0 aromatic rings. The number of hydrogen-bond acceptors (Lipinski definition) is 5. The van der Waals surface area contributed by atoms with Gasteiger partial charge in [0.1, 0.15) is 5.54 Å². The van der Waals surface area contributed by atoms with Crippen LogP contribution in [0.25, 0.3) is 0 Å². The zero-order chi connectivity index (χ0) is 15.2. The van der Waals surface area contributed by atoms with Crippen LogP contribution in [0.3, 0.4) is 0 Å². The van der Waals surface area contributed by atoms with Gasteiger partial charge in [-0.25, -0.2) is 4.79 Å². The molecule has 0 radical (unpaired) electrons. The molecule has 1 N–H and O–H groups in total. The van der Waals surface area contributed by atoms with Crippen molar-refractivity contribution in [3.05, 3.63) is 0 Å². The maximum atomic E-state index is 12.1. The van der Waals surface area contributed by atoms with Gasteiger partial charge in [0, 0.05) is 38.8 Å². The molecular formula is C14H24N4O3. The van der Waals surface area contributed by atoms with Crippen LogP contribution in [0.4, 0.5) is 4.79 Å². The Bertz CT molecular complexity index is 454. The fourth-order valence-corrected chi connectivity index (χ4v) is 3.38. The summed E-state index contributed by atoms with van der Waals surface area (Å²) < 4.78 is 5.81. The summed E-state index contributed by atoms with van der Waals surface area (Å²) in [7, 11) is 2.13. The Kier molecular flexibility index (Phi) is 3.67. The number of urea groups is 1. The van der Waals surface area contributed by atoms with E-state index < -0.39 is 5.54 Å². The van der Waals surface area contributed by atoms with Gasteiger partial charge in [-0.2, -0.15) is 0 Å². The van der Waals surface area contributed by atoms with E-state index in [4.69, 9.17) is 4.74 Å². The summed E-state index contributed by atoms with van der Waals surface area (Å²) in [5.74, 6) is -0.141. The minimum Gasteiger partial charge on any atom is -0.374 e. The topological polar surface area (TPSA) is 65.1 Å². The van der Waals surface area contributed by atoms with Gasteiger partial charge in [-0.15, -0.1) is 0 Å². The van der Waals surface area contributed by atoms with Crippen LogP contribution in [0.5, 0.6) is 0 Å². The molecule has 0 saturated carbocycles. The Morgan fingerprint density at radius 2 is 2.05 bits per heavy atom. The highest BCUT2D eigenvalue weighted by atomic mass is 16.5. The van der Waals surface area contributed by atoms with E-state index in [1.807, 2.05) is 0 Å². The number of hydrogen-bond donors (Lipinski definition) is 1. The highest BCUT2D eigenvalue weighted by Gasteiger charge is 2.45. The summed E-state index contributed by atoms with van der Waals surface area (Å²) in [5.41, 5.74) is -0.778. The van der Waals surface area contributed by atoms with Crippen molar-refractivity contribution in [2.75, 3.05) is 46.4 Å². The summed E-state index contributed by atoms with van der Waals surface area (Å²) >= 11 is 0. The van der Waals surface area contributed by atoms with E-state index in [2.05, 4.69) is 22.2 Å². The Labute approximate surface area is 125 Å². The lowest BCUT2D eigenvalue weighted by atomic mass is 10.1. The quantitative estimate of drug-likeness (QED) is 0.700. The number of carbonyl (C=O) groups excluding carboxylic acids is 2. The van der Waals surface area contributed by atoms with Gasteiger partial charge in [0.25, 0.3) is 5.91 Å². The van der Waals surface area contributed by atoms with Crippen LogP contribution in [-0.2, 0) is 9.53 Å². The normalized spacial score (nSPS) is 33.4. The fraction of sp³-hybridized carbons (Fsp3) is 0.857. The standard InChI is InChI=1S/C14H24N4O3/c1-14(2)12(19)18(13(20)15-14)5-4-17-8-10-11(9-17)21-7-6-16(10)3/h10-11H,4-9H2,1-3H3,(H,15,20)/t10-,11+/m0/s1. The number of likely N-dealkylation sites (tertiary alicyclic amines) is 1. The van der Waals surface area contributed by atoms with Gasteiger partial charge >= 0.3 is 6.03 Å². The molecule has 21 heavy (non-hydrogen) atoms. The van der Waals surface area contributed by atoms with Gasteiger partial charge in [0.05, 0.1) is 12.7 Å². The first kappa shape index (κ1) is 14.7. The molecule has 7 heteroatoms. The van der Waals surface area contributed by atoms with E-state index in [1.54, 1.807) is 13.8 Å². The third-order valence-corrected chi connectivity index (χ3v) is 4.74. The number of nitrogens with one attached hydrogen (secondary N) is 1. The first-order chi connectivity index (χ1) is 9.88. The zero-order valence-electron chi connectivity index (χ0n) is 13.0. The maximum absolute atomic E-state index is 12.1. The van der Waals surface area contributed by atoms with E-state index in [0.717, 1.165) is 26.2 Å². The third-order valence-electron chi connectivity index (χ3n) is 4.74. The van der Waals surface area contributed by atoms with Crippen molar-refractivity contribution >= 4 is 11.9 Å². The van der Waals surface area contributed by atoms with Crippen molar-refractivity contribution in [3.8, 4) is 0 Å². The van der Waals surface area contributed by atoms with E-state index in [0.29, 0.717) is 19.1 Å². The largest absolute Gasteiger partial charge is 0.374 e. The molecule has 3 aliphatic heterocycles. The van der Waals surface area contributed by atoms with Crippen molar-refractivity contribution in [1.29, 1.82) is 0 Å². The summed E-state index contributed by atoms with van der Waals surface area (Å²) in [4.78, 5) is 29.9. The first-order valence-corrected chi connectivity index (χ1v) is 7.57. The summed E-state index contributed by atoms with van der Waals surface area (Å²) in [6.45, 7) is 8.19. The first-order valence-electron chi connectivity index (χ1n) is 7.57. The number of amides is 3. The molecule has 118 valence electrons. The second-order valence-electron chi connectivity index (χ2n) is 6.73. The van der Waals surface area contributed by atoms with Crippen LogP contribution in [0.2, 0.25) is 0 Å². The molecule has 0 unspecified atom stereocenters. The molecule has 3 fully saturated rings. The van der Waals surface area contributed by atoms with Gasteiger partial charge in [-0.3, -0.25) is 19.5 Å². The Morgan fingerprint density at radius 1 is 1.29 bits per heavy atom. The van der Waals surface area contributed by atoms with Crippen LogP contribution in [0.1, 0.15) is 13.8 Å². The monoisotopic (exact) mass is 296 g/mol. The summed E-state index contributed by atoms with van der Waals surface area (Å²) in [5, 5.41) is 2.71. The number of likely N-dealkylation sites (N-methyl/N-ethyl adjacent to an activating group) is 1. The molecule has 3 heterocycles. The fourth-order valence-electron chi connectivity index (χ4n) is 3.38. The predicted molar refractivity (Wildman–Crippen MR) is 76.9 cm³/mol. The zero-order valence-corrected chi connectivity index (χ0v) is 13.0. The Morgan fingerprint density at radius 3 is 2.67 bits per heavy atom. The lowest BCUT2D eigenvalue weighted by Crippen LogP contribution is -2.48. The van der Waals surface area contributed by atoms with Crippen molar-refractivity contribution in [2.24, 2.45) is 0 Å². The minimum atomic E-state index is -0.778. The van der Waals surface area contributed by atoms with Crippen LogP contribution >= 0.6 is 0 Å². The second kappa shape index (κ2) is 5.23. The average Bonchev–Trinajstić information content (AvgIpc) is 2.89. The van der Waals surface area contributed by atoms with Gasteiger partial charge < -0.3 is 10.1 Å². The number of fused-ring (bicyclic) bond motifs is 1. The second-order valence-corrected chi connectivity index (χ2v) is 6.73. The Hall–Kier alpha value is -1.18. The average molecular weight is 296 g/mol. The van der Waals surface area contributed by atoms with Crippen molar-refractivity contribution in [3.63, 3.8) is 0 Å². The number of nitrogens with zero attached hydrogens (tertiary/aromatic N) is 3. The van der Waals surface area contributed by atoms with Crippen LogP contribution in [-0.4, -0.2) is 90.7 Å². The third kappa shape index (κ3) is 2.65. The minimum absolute atomic E-state index is 0.141. The van der Waals surface area contributed by atoms with Crippen LogP contribution in [0, 0.1) is 0 Å². The molecule has 0 aromatic carbocycles. The highest BCUT2D eigenvalue weighted by Crippen LogP contribution is 2.22. The molecule has 0 aliphatic carbocycles. The van der Waals surface area contributed by atoms with Crippen LogP contribution in [0.15, 0.2) is 0 Å². The lowest BCUT2D eigenvalue weighted by Gasteiger charge is -2.33. The number of morpholine rings is 1. The Balaban J connectivity index is 1.55. The summed E-state index contributed by atoms with van der Waals surface area (Å²) in [6.07, 6.45) is 0.253. The molecule has 2 atom stereocenters. The van der Waals surface area contributed by atoms with Crippen molar-refractivity contribution in [2.45, 2.75) is 31.5 Å². The molecule has 0 bridgehead atoms. The lowest BCUT2D eigenvalue weighted by molar-refractivity contribution is -0.130.